The van der Waals surface area contributed by atoms with Gasteiger partial charge in [0.25, 0.3) is 11.5 Å². The van der Waals surface area contributed by atoms with E-state index in [9.17, 15) is 33.9 Å². The third kappa shape index (κ3) is 8.51. The summed E-state index contributed by atoms with van der Waals surface area (Å²) >= 11 is 0. The summed E-state index contributed by atoms with van der Waals surface area (Å²) in [6.45, 7) is 0.651. The van der Waals surface area contributed by atoms with Gasteiger partial charge in [-0.1, -0.05) is 0 Å². The highest BCUT2D eigenvalue weighted by Gasteiger charge is 2.28. The molecule has 9 N–H and O–H groups in total. The van der Waals surface area contributed by atoms with Crippen molar-refractivity contribution in [3.8, 4) is 0 Å². The SMILES string of the molecule is CN1CC(CNc2ccc(C(=O)N[C@@H](CCC(=O)O)C(=O)N[C@@H](CCC(=O)O)C(=O)O)cc2)=Nc2c1nc(N)[nH]c2=O. The fraction of sp³-hybridized carbons (Fsp3) is 0.360. The van der Waals surface area contributed by atoms with Gasteiger partial charge in [0, 0.05) is 31.1 Å². The number of rotatable bonds is 14. The zero-order chi connectivity index (χ0) is 31.0. The molecule has 0 aliphatic carbocycles. The molecule has 0 bridgehead atoms. The van der Waals surface area contributed by atoms with E-state index in [0.29, 0.717) is 23.8 Å². The van der Waals surface area contributed by atoms with Crippen LogP contribution in [-0.2, 0) is 19.2 Å². The first-order valence-corrected chi connectivity index (χ1v) is 12.6. The molecule has 1 aliphatic heterocycles. The maximum atomic E-state index is 12.8. The zero-order valence-corrected chi connectivity index (χ0v) is 22.4. The van der Waals surface area contributed by atoms with Gasteiger partial charge >= 0.3 is 17.9 Å². The van der Waals surface area contributed by atoms with Crippen LogP contribution in [0.2, 0.25) is 0 Å². The summed E-state index contributed by atoms with van der Waals surface area (Å²) in [6, 6.07) is 3.15. The third-order valence-corrected chi connectivity index (χ3v) is 6.12. The predicted molar refractivity (Wildman–Crippen MR) is 149 cm³/mol. The Balaban J connectivity index is 1.64. The molecule has 0 saturated carbocycles. The van der Waals surface area contributed by atoms with Gasteiger partial charge in [0.05, 0.1) is 18.8 Å². The van der Waals surface area contributed by atoms with E-state index in [1.54, 1.807) is 24.1 Å². The molecule has 0 radical (unpaired) electrons. The maximum Gasteiger partial charge on any atom is 0.326 e. The maximum absolute atomic E-state index is 12.8. The standard InChI is InChI=1S/C25H30N8O9/c1-33-11-14(28-19-20(33)31-25(26)32-23(19)40)10-27-13-4-2-12(3-5-13)21(38)29-15(6-8-17(34)35)22(39)30-16(24(41)42)7-9-18(36)37/h2-5,15-16,27H,6-11H2,1H3,(H,29,38)(H,30,39)(H,34,35)(H,36,37)(H,41,42)(H3,26,31,32,40)/t15-,16-/m0/s1. The average Bonchev–Trinajstić information content (AvgIpc) is 2.92. The number of fused-ring (bicyclic) bond motifs is 1. The van der Waals surface area contributed by atoms with Crippen LogP contribution in [-0.4, -0.2) is 92.9 Å². The molecule has 0 saturated heterocycles. The number of nitrogens with zero attached hydrogens (tertiary/aromatic N) is 3. The van der Waals surface area contributed by atoms with E-state index in [2.05, 4.69) is 30.9 Å². The number of hydrogen-bond donors (Lipinski definition) is 8. The fourth-order valence-corrected chi connectivity index (χ4v) is 4.00. The van der Waals surface area contributed by atoms with E-state index in [1.807, 2.05) is 0 Å². The number of nitrogens with two attached hydrogens (primary N) is 1. The minimum Gasteiger partial charge on any atom is -0.481 e. The van der Waals surface area contributed by atoms with Crippen molar-refractivity contribution in [2.24, 2.45) is 4.99 Å². The minimum atomic E-state index is -1.54. The zero-order valence-electron chi connectivity index (χ0n) is 22.4. The van der Waals surface area contributed by atoms with Crippen molar-refractivity contribution in [3.63, 3.8) is 0 Å². The number of hydrogen-bond acceptors (Lipinski definition) is 11. The van der Waals surface area contributed by atoms with E-state index in [1.165, 1.54) is 12.1 Å². The van der Waals surface area contributed by atoms with E-state index in [-0.39, 0.29) is 30.2 Å². The van der Waals surface area contributed by atoms with Crippen molar-refractivity contribution in [1.29, 1.82) is 0 Å². The smallest absolute Gasteiger partial charge is 0.326 e. The van der Waals surface area contributed by atoms with Gasteiger partial charge in [0.15, 0.2) is 11.5 Å². The normalized spacial score (nSPS) is 13.6. The van der Waals surface area contributed by atoms with Gasteiger partial charge in [-0.05, 0) is 37.1 Å². The molecule has 0 spiro atoms. The molecule has 0 fully saturated rings. The Labute approximate surface area is 237 Å². The summed E-state index contributed by atoms with van der Waals surface area (Å²) in [7, 11) is 1.74. The molecule has 1 aromatic carbocycles. The van der Waals surface area contributed by atoms with E-state index >= 15 is 0 Å². The fourth-order valence-electron chi connectivity index (χ4n) is 4.00. The molecule has 1 aliphatic rings. The number of amides is 2. The molecular weight excluding hydrogens is 556 g/mol. The largest absolute Gasteiger partial charge is 0.481 e. The van der Waals surface area contributed by atoms with Crippen LogP contribution >= 0.6 is 0 Å². The monoisotopic (exact) mass is 586 g/mol. The molecule has 2 amide bonds. The molecule has 224 valence electrons. The first-order chi connectivity index (χ1) is 19.8. The van der Waals surface area contributed by atoms with Crippen molar-refractivity contribution >= 4 is 58.6 Å². The van der Waals surface area contributed by atoms with Gasteiger partial charge in [0.2, 0.25) is 11.9 Å². The second kappa shape index (κ2) is 13.7. The lowest BCUT2D eigenvalue weighted by molar-refractivity contribution is -0.143. The van der Waals surface area contributed by atoms with Crippen LogP contribution in [0.3, 0.4) is 0 Å². The lowest BCUT2D eigenvalue weighted by atomic mass is 10.1. The summed E-state index contributed by atoms with van der Waals surface area (Å²) in [6.07, 6.45) is -1.75. The van der Waals surface area contributed by atoms with Gasteiger partial charge in [-0.2, -0.15) is 4.98 Å². The number of aliphatic carboxylic acids is 3. The average molecular weight is 587 g/mol. The highest BCUT2D eigenvalue weighted by molar-refractivity contribution is 5.99. The minimum absolute atomic E-state index is 0.0134. The molecule has 17 heteroatoms. The third-order valence-electron chi connectivity index (χ3n) is 6.12. The highest BCUT2D eigenvalue weighted by Crippen LogP contribution is 2.25. The summed E-state index contributed by atoms with van der Waals surface area (Å²) in [4.78, 5) is 83.7. The van der Waals surface area contributed by atoms with Crippen molar-refractivity contribution in [1.82, 2.24) is 20.6 Å². The van der Waals surface area contributed by atoms with Gasteiger partial charge < -0.3 is 41.9 Å². The number of carbonyl (C=O) groups excluding carboxylic acids is 2. The molecule has 2 atom stereocenters. The number of H-pyrrole nitrogens is 1. The number of nitrogen functional groups attached to an aromatic ring is 1. The van der Waals surface area contributed by atoms with Crippen LogP contribution in [0.15, 0.2) is 34.1 Å². The van der Waals surface area contributed by atoms with Gasteiger partial charge in [-0.15, -0.1) is 0 Å². The molecule has 42 heavy (non-hydrogen) atoms. The summed E-state index contributed by atoms with van der Waals surface area (Å²) in [5.41, 5.74) is 6.65. The molecular formula is C25H30N8O9. The molecule has 2 heterocycles. The Morgan fingerprint density at radius 1 is 1.00 bits per heavy atom. The summed E-state index contributed by atoms with van der Waals surface area (Å²) in [5, 5.41) is 34.8. The molecule has 3 rings (SSSR count). The second-order valence-electron chi connectivity index (χ2n) is 9.38. The van der Waals surface area contributed by atoms with E-state index in [0.717, 1.165) is 0 Å². The lowest BCUT2D eigenvalue weighted by Crippen LogP contribution is -2.51. The van der Waals surface area contributed by atoms with Crippen LogP contribution in [0.25, 0.3) is 0 Å². The summed E-state index contributed by atoms with van der Waals surface area (Å²) < 4.78 is 0. The lowest BCUT2D eigenvalue weighted by Gasteiger charge is -2.25. The Morgan fingerprint density at radius 3 is 2.21 bits per heavy atom. The molecule has 1 aromatic heterocycles. The number of aliphatic imine (C=N–C) groups is 1. The Kier molecular flexibility index (Phi) is 10.2. The van der Waals surface area contributed by atoms with Crippen molar-refractivity contribution < 1.29 is 39.3 Å². The van der Waals surface area contributed by atoms with E-state index < -0.39 is 66.6 Å². The number of benzene rings is 1. The quantitative estimate of drug-likeness (QED) is 0.137. The first-order valence-electron chi connectivity index (χ1n) is 12.6. The topological polar surface area (TPSA) is 269 Å². The molecule has 17 nitrogen and oxygen atoms in total. The van der Waals surface area contributed by atoms with Crippen molar-refractivity contribution in [3.05, 3.63) is 40.2 Å². The van der Waals surface area contributed by atoms with E-state index in [4.69, 9.17) is 15.9 Å². The Bertz CT molecular complexity index is 1450. The van der Waals surface area contributed by atoms with Crippen LogP contribution in [0.4, 0.5) is 23.1 Å². The molecule has 0 unspecified atom stereocenters. The first kappa shape index (κ1) is 31.1. The number of carbonyl (C=O) groups is 5. The highest BCUT2D eigenvalue weighted by atomic mass is 16.4. The number of anilines is 3. The van der Waals surface area contributed by atoms with Gasteiger partial charge in [0.1, 0.15) is 12.1 Å². The number of aromatic amines is 1. The number of carboxylic acids is 3. The Morgan fingerprint density at radius 2 is 1.62 bits per heavy atom. The van der Waals surface area contributed by atoms with Crippen molar-refractivity contribution in [2.45, 2.75) is 37.8 Å². The van der Waals surface area contributed by atoms with Crippen LogP contribution < -0.4 is 32.1 Å². The van der Waals surface area contributed by atoms with Crippen molar-refractivity contribution in [2.75, 3.05) is 36.1 Å². The number of nitrogens with one attached hydrogen (secondary N) is 4. The van der Waals surface area contributed by atoms with Crippen LogP contribution in [0.1, 0.15) is 36.0 Å². The number of carboxylic acid groups (broad SMARTS) is 3. The Hall–Kier alpha value is -5.48. The second-order valence-corrected chi connectivity index (χ2v) is 9.38. The molecule has 2 aromatic rings. The predicted octanol–water partition coefficient (Wildman–Crippen LogP) is -0.616. The number of aromatic nitrogens is 2. The summed E-state index contributed by atoms with van der Waals surface area (Å²) in [5.74, 6) is -5.29. The van der Waals surface area contributed by atoms with Gasteiger partial charge in [-0.25, -0.2) is 9.79 Å². The van der Waals surface area contributed by atoms with Crippen LogP contribution in [0.5, 0.6) is 0 Å². The van der Waals surface area contributed by atoms with Gasteiger partial charge in [-0.3, -0.25) is 29.0 Å². The van der Waals surface area contributed by atoms with Crippen LogP contribution in [0, 0.1) is 0 Å².